The summed E-state index contributed by atoms with van der Waals surface area (Å²) in [5, 5.41) is 4.73. The van der Waals surface area contributed by atoms with Crippen molar-refractivity contribution in [3.05, 3.63) is 48.2 Å². The van der Waals surface area contributed by atoms with Gasteiger partial charge in [0.1, 0.15) is 0 Å². The Morgan fingerprint density at radius 2 is 2.17 bits per heavy atom. The molecule has 0 aliphatic heterocycles. The number of rotatable bonds is 6. The van der Waals surface area contributed by atoms with Crippen LogP contribution in [0.3, 0.4) is 0 Å². The molecule has 0 saturated heterocycles. The second-order valence-electron chi connectivity index (χ2n) is 4.85. The molecule has 96 valence electrons. The molecule has 1 heterocycles. The number of allylic oxidation sites excluding steroid dienone is 1. The Morgan fingerprint density at radius 1 is 1.33 bits per heavy atom. The number of benzene rings is 1. The molecule has 0 aliphatic rings. The summed E-state index contributed by atoms with van der Waals surface area (Å²) >= 11 is 0. The van der Waals surface area contributed by atoms with Crippen molar-refractivity contribution < 1.29 is 0 Å². The number of hydrogen-bond donors (Lipinski definition) is 1. The van der Waals surface area contributed by atoms with Crippen molar-refractivity contribution >= 4 is 10.9 Å². The molecule has 0 amide bonds. The molecule has 1 N–H and O–H groups in total. The summed E-state index contributed by atoms with van der Waals surface area (Å²) in [6.07, 6.45) is 3.22. The topological polar surface area (TPSA) is 17.0 Å². The monoisotopic (exact) mass is 242 g/mol. The zero-order chi connectivity index (χ0) is 13.0. The number of fused-ring (bicyclic) bond motifs is 1. The van der Waals surface area contributed by atoms with Crippen LogP contribution in [0.4, 0.5) is 0 Å². The molecule has 0 saturated carbocycles. The van der Waals surface area contributed by atoms with Gasteiger partial charge in [-0.25, -0.2) is 0 Å². The van der Waals surface area contributed by atoms with E-state index >= 15 is 0 Å². The van der Waals surface area contributed by atoms with Gasteiger partial charge in [0, 0.05) is 19.3 Å². The Morgan fingerprint density at radius 3 is 2.89 bits per heavy atom. The number of aryl methyl sites for hydroxylation is 1. The molecule has 2 rings (SSSR count). The van der Waals surface area contributed by atoms with Crippen LogP contribution in [0.15, 0.2) is 42.6 Å². The summed E-state index contributed by atoms with van der Waals surface area (Å²) in [6.45, 7) is 11.2. The highest BCUT2D eigenvalue weighted by atomic mass is 15.0. The third kappa shape index (κ3) is 2.82. The third-order valence-corrected chi connectivity index (χ3v) is 3.22. The van der Waals surface area contributed by atoms with Crippen molar-refractivity contribution in [3.8, 4) is 0 Å². The number of aromatic nitrogens is 1. The zero-order valence-electron chi connectivity index (χ0n) is 11.4. The van der Waals surface area contributed by atoms with Crippen LogP contribution in [0.25, 0.3) is 10.9 Å². The van der Waals surface area contributed by atoms with Crippen LogP contribution in [0.2, 0.25) is 0 Å². The van der Waals surface area contributed by atoms with E-state index in [9.17, 15) is 0 Å². The van der Waals surface area contributed by atoms with E-state index < -0.39 is 0 Å². The minimum absolute atomic E-state index is 0.935. The smallest absolute Gasteiger partial charge is 0.0525 e. The maximum atomic E-state index is 3.98. The van der Waals surface area contributed by atoms with Gasteiger partial charge in [-0.3, -0.25) is 0 Å². The summed E-state index contributed by atoms with van der Waals surface area (Å²) in [5.41, 5.74) is 3.97. The summed E-state index contributed by atoms with van der Waals surface area (Å²) < 4.78 is 2.34. The summed E-state index contributed by atoms with van der Waals surface area (Å²) in [5.74, 6) is 0. The van der Waals surface area contributed by atoms with E-state index in [2.05, 4.69) is 60.8 Å². The highest BCUT2D eigenvalue weighted by molar-refractivity contribution is 5.83. The number of nitrogens with one attached hydrogen (secondary N) is 1. The van der Waals surface area contributed by atoms with Gasteiger partial charge in [-0.15, -0.1) is 6.58 Å². The minimum Gasteiger partial charge on any atom is -0.347 e. The Labute approximate surface area is 109 Å². The van der Waals surface area contributed by atoms with Gasteiger partial charge in [0.2, 0.25) is 0 Å². The van der Waals surface area contributed by atoms with Crippen molar-refractivity contribution in [2.45, 2.75) is 33.4 Å². The Hall–Kier alpha value is -1.54. The van der Waals surface area contributed by atoms with Crippen molar-refractivity contribution in [1.82, 2.24) is 9.88 Å². The summed E-state index contributed by atoms with van der Waals surface area (Å²) in [7, 11) is 0. The lowest BCUT2D eigenvalue weighted by Gasteiger charge is -2.10. The first-order valence-electron chi connectivity index (χ1n) is 6.64. The average Bonchev–Trinajstić information content (AvgIpc) is 2.77. The molecule has 18 heavy (non-hydrogen) atoms. The van der Waals surface area contributed by atoms with Gasteiger partial charge in [-0.2, -0.15) is 0 Å². The number of hydrogen-bond acceptors (Lipinski definition) is 1. The zero-order valence-corrected chi connectivity index (χ0v) is 11.4. The van der Waals surface area contributed by atoms with Crippen molar-refractivity contribution in [2.75, 3.05) is 6.54 Å². The summed E-state index contributed by atoms with van der Waals surface area (Å²) in [6, 6.07) is 8.73. The quantitative estimate of drug-likeness (QED) is 0.764. The van der Waals surface area contributed by atoms with Crippen LogP contribution in [-0.4, -0.2) is 11.1 Å². The van der Waals surface area contributed by atoms with Crippen LogP contribution in [0.5, 0.6) is 0 Å². The molecular formula is C16H22N2. The first-order valence-corrected chi connectivity index (χ1v) is 6.64. The van der Waals surface area contributed by atoms with Crippen LogP contribution in [0, 0.1) is 0 Å². The fourth-order valence-electron chi connectivity index (χ4n) is 2.24. The standard InChI is InChI=1S/C16H22N2/c1-4-17-12-15-7-5-6-14-9-11-18(16(14)15)10-8-13(2)3/h5-7,9,11,17H,2,4,8,10,12H2,1,3H3. The van der Waals surface area contributed by atoms with Gasteiger partial charge in [-0.05, 0) is 36.9 Å². The highest BCUT2D eigenvalue weighted by Gasteiger charge is 2.05. The lowest BCUT2D eigenvalue weighted by Crippen LogP contribution is -2.12. The molecule has 1 aromatic heterocycles. The highest BCUT2D eigenvalue weighted by Crippen LogP contribution is 2.21. The molecule has 0 spiro atoms. The van der Waals surface area contributed by atoms with E-state index in [4.69, 9.17) is 0 Å². The van der Waals surface area contributed by atoms with E-state index in [1.165, 1.54) is 22.0 Å². The molecule has 0 unspecified atom stereocenters. The SMILES string of the molecule is C=C(C)CCn1ccc2cccc(CNCC)c21. The van der Waals surface area contributed by atoms with Gasteiger partial charge in [0.05, 0.1) is 5.52 Å². The molecule has 0 radical (unpaired) electrons. The van der Waals surface area contributed by atoms with Crippen LogP contribution in [-0.2, 0) is 13.1 Å². The Balaban J connectivity index is 2.32. The lowest BCUT2D eigenvalue weighted by molar-refractivity contribution is 0.700. The van der Waals surface area contributed by atoms with Crippen molar-refractivity contribution in [1.29, 1.82) is 0 Å². The Bertz CT molecular complexity index is 537. The van der Waals surface area contributed by atoms with Gasteiger partial charge < -0.3 is 9.88 Å². The third-order valence-electron chi connectivity index (χ3n) is 3.22. The first kappa shape index (κ1) is 12.9. The predicted octanol–water partition coefficient (Wildman–Crippen LogP) is 3.72. The molecular weight excluding hydrogens is 220 g/mol. The average molecular weight is 242 g/mol. The van der Waals surface area contributed by atoms with E-state index in [1.54, 1.807) is 0 Å². The van der Waals surface area contributed by atoms with Crippen molar-refractivity contribution in [3.63, 3.8) is 0 Å². The molecule has 0 fully saturated rings. The second-order valence-corrected chi connectivity index (χ2v) is 4.85. The maximum absolute atomic E-state index is 3.98. The van der Waals surface area contributed by atoms with Crippen LogP contribution < -0.4 is 5.32 Å². The predicted molar refractivity (Wildman–Crippen MR) is 78.7 cm³/mol. The largest absolute Gasteiger partial charge is 0.347 e. The maximum Gasteiger partial charge on any atom is 0.0525 e. The molecule has 1 aromatic carbocycles. The molecule has 2 nitrogen and oxygen atoms in total. The molecule has 0 aliphatic carbocycles. The second kappa shape index (κ2) is 5.87. The number of para-hydroxylation sites is 1. The molecule has 2 aromatic rings. The van der Waals surface area contributed by atoms with E-state index in [-0.39, 0.29) is 0 Å². The first-order chi connectivity index (χ1) is 8.72. The lowest BCUT2D eigenvalue weighted by atomic mass is 10.1. The van der Waals surface area contributed by atoms with Crippen LogP contribution >= 0.6 is 0 Å². The molecule has 0 atom stereocenters. The van der Waals surface area contributed by atoms with Gasteiger partial charge in [-0.1, -0.05) is 30.7 Å². The normalized spacial score (nSPS) is 11.0. The fourth-order valence-corrected chi connectivity index (χ4v) is 2.24. The van der Waals surface area contributed by atoms with Gasteiger partial charge in [0.15, 0.2) is 0 Å². The molecule has 0 bridgehead atoms. The fraction of sp³-hybridized carbons (Fsp3) is 0.375. The van der Waals surface area contributed by atoms with E-state index in [1.807, 2.05) is 0 Å². The van der Waals surface area contributed by atoms with E-state index in [0.717, 1.165) is 26.1 Å². The van der Waals surface area contributed by atoms with E-state index in [0.29, 0.717) is 0 Å². The minimum atomic E-state index is 0.935. The van der Waals surface area contributed by atoms with Gasteiger partial charge in [0.25, 0.3) is 0 Å². The van der Waals surface area contributed by atoms with Crippen LogP contribution in [0.1, 0.15) is 25.8 Å². The van der Waals surface area contributed by atoms with Gasteiger partial charge >= 0.3 is 0 Å². The van der Waals surface area contributed by atoms with Crippen molar-refractivity contribution in [2.24, 2.45) is 0 Å². The molecule has 2 heteroatoms. The Kier molecular flexibility index (Phi) is 4.21. The summed E-state index contributed by atoms with van der Waals surface area (Å²) in [4.78, 5) is 0. The number of nitrogens with zero attached hydrogens (tertiary/aromatic N) is 1.